The number of hydrogen-bond donors (Lipinski definition) is 0. The molecule has 6 nitrogen and oxygen atoms in total. The molecule has 2 heterocycles. The van der Waals surface area contributed by atoms with E-state index in [0.717, 1.165) is 11.3 Å². The largest absolute Gasteiger partial charge is 0.466 e. The number of esters is 1. The second kappa shape index (κ2) is 8.55. The van der Waals surface area contributed by atoms with Crippen molar-refractivity contribution in [3.8, 4) is 0 Å². The van der Waals surface area contributed by atoms with Crippen molar-refractivity contribution in [3.05, 3.63) is 96.4 Å². The quantitative estimate of drug-likeness (QED) is 0.572. The standard InChI is InChI=1S/C24H22FN3O3S/c1-14-20(23(30)31-4)21(16-7-11-18(12-8-16)27(2)3)28-22(29)19(32-24(28)26-14)13-15-5-9-17(25)10-6-15/h5-13,21H,1-4H3/b19-13-. The summed E-state index contributed by atoms with van der Waals surface area (Å²) in [7, 11) is 5.20. The fourth-order valence-corrected chi connectivity index (χ4v) is 4.72. The van der Waals surface area contributed by atoms with Crippen LogP contribution in [0.3, 0.4) is 0 Å². The normalized spacial score (nSPS) is 15.9. The molecule has 1 unspecified atom stereocenters. The zero-order valence-electron chi connectivity index (χ0n) is 18.1. The van der Waals surface area contributed by atoms with Crippen molar-refractivity contribution in [1.82, 2.24) is 4.57 Å². The number of ether oxygens (including phenoxy) is 1. The summed E-state index contributed by atoms with van der Waals surface area (Å²) in [5.74, 6) is -0.871. The lowest BCUT2D eigenvalue weighted by molar-refractivity contribution is -0.136. The maximum Gasteiger partial charge on any atom is 0.338 e. The highest BCUT2D eigenvalue weighted by molar-refractivity contribution is 7.07. The SMILES string of the molecule is COC(=O)C1=C(C)N=c2s/c(=C\c3ccc(F)cc3)c(=O)n2C1c1ccc(N(C)C)cc1. The molecule has 0 saturated heterocycles. The van der Waals surface area contributed by atoms with Crippen LogP contribution in [-0.2, 0) is 9.53 Å². The third kappa shape index (κ3) is 3.89. The van der Waals surface area contributed by atoms with E-state index in [9.17, 15) is 14.0 Å². The highest BCUT2D eigenvalue weighted by atomic mass is 32.1. The van der Waals surface area contributed by atoms with E-state index in [4.69, 9.17) is 4.74 Å². The molecular formula is C24H22FN3O3S. The van der Waals surface area contributed by atoms with Crippen molar-refractivity contribution in [1.29, 1.82) is 0 Å². The first kappa shape index (κ1) is 21.7. The van der Waals surface area contributed by atoms with Crippen molar-refractivity contribution in [2.75, 3.05) is 26.1 Å². The number of carbonyl (C=O) groups is 1. The summed E-state index contributed by atoms with van der Waals surface area (Å²) in [5.41, 5.74) is 3.04. The van der Waals surface area contributed by atoms with E-state index in [1.807, 2.05) is 43.3 Å². The second-order valence-electron chi connectivity index (χ2n) is 7.61. The van der Waals surface area contributed by atoms with Gasteiger partial charge in [-0.15, -0.1) is 0 Å². The monoisotopic (exact) mass is 451 g/mol. The van der Waals surface area contributed by atoms with Gasteiger partial charge in [0.05, 0.1) is 29.0 Å². The lowest BCUT2D eigenvalue weighted by Gasteiger charge is -2.25. The van der Waals surface area contributed by atoms with E-state index in [2.05, 4.69) is 4.99 Å². The Morgan fingerprint density at radius 1 is 1.16 bits per heavy atom. The van der Waals surface area contributed by atoms with Crippen LogP contribution in [-0.4, -0.2) is 31.7 Å². The number of halogens is 1. The van der Waals surface area contributed by atoms with Crippen LogP contribution >= 0.6 is 11.3 Å². The lowest BCUT2D eigenvalue weighted by atomic mass is 9.95. The summed E-state index contributed by atoms with van der Waals surface area (Å²) < 4.78 is 20.3. The van der Waals surface area contributed by atoms with Gasteiger partial charge in [0.1, 0.15) is 5.82 Å². The molecule has 8 heteroatoms. The molecule has 4 rings (SSSR count). The van der Waals surface area contributed by atoms with E-state index in [-0.39, 0.29) is 11.4 Å². The molecule has 164 valence electrons. The molecule has 3 aromatic rings. The Bertz CT molecular complexity index is 1380. The molecule has 0 bridgehead atoms. The molecule has 0 fully saturated rings. The van der Waals surface area contributed by atoms with Gasteiger partial charge in [-0.1, -0.05) is 35.6 Å². The number of carbonyl (C=O) groups excluding carboxylic acids is 1. The van der Waals surface area contributed by atoms with Crippen LogP contribution in [0.15, 0.2) is 69.6 Å². The number of thiazole rings is 1. The summed E-state index contributed by atoms with van der Waals surface area (Å²) in [4.78, 5) is 33.1. The number of fused-ring (bicyclic) bond motifs is 1. The van der Waals surface area contributed by atoms with Crippen LogP contribution in [0.25, 0.3) is 6.08 Å². The number of aromatic nitrogens is 1. The maximum absolute atomic E-state index is 13.4. The zero-order valence-corrected chi connectivity index (χ0v) is 18.9. The Labute approximate surface area is 188 Å². The van der Waals surface area contributed by atoms with E-state index >= 15 is 0 Å². The third-order valence-corrected chi connectivity index (χ3v) is 6.30. The van der Waals surface area contributed by atoms with Gasteiger partial charge in [-0.25, -0.2) is 14.2 Å². The molecule has 2 aromatic carbocycles. The minimum absolute atomic E-state index is 0.270. The molecule has 1 aliphatic heterocycles. The van der Waals surface area contributed by atoms with Gasteiger partial charge in [-0.2, -0.15) is 0 Å². The van der Waals surface area contributed by atoms with Crippen LogP contribution in [0.4, 0.5) is 10.1 Å². The summed E-state index contributed by atoms with van der Waals surface area (Å²) in [5, 5.41) is 0. The summed E-state index contributed by atoms with van der Waals surface area (Å²) in [6.07, 6.45) is 1.70. The average Bonchev–Trinajstić information content (AvgIpc) is 3.08. The summed E-state index contributed by atoms with van der Waals surface area (Å²) in [6, 6.07) is 12.9. The molecular weight excluding hydrogens is 429 g/mol. The topological polar surface area (TPSA) is 63.9 Å². The Balaban J connectivity index is 1.93. The minimum atomic E-state index is -0.662. The molecule has 1 aliphatic rings. The lowest BCUT2D eigenvalue weighted by Crippen LogP contribution is -2.39. The average molecular weight is 452 g/mol. The summed E-state index contributed by atoms with van der Waals surface area (Å²) >= 11 is 1.23. The van der Waals surface area contributed by atoms with Gasteiger partial charge in [0.2, 0.25) is 0 Å². The first-order valence-corrected chi connectivity index (χ1v) is 10.8. The van der Waals surface area contributed by atoms with Crippen molar-refractivity contribution >= 4 is 29.1 Å². The van der Waals surface area contributed by atoms with Crippen molar-refractivity contribution in [3.63, 3.8) is 0 Å². The fraction of sp³-hybridized carbons (Fsp3) is 0.208. The van der Waals surface area contributed by atoms with Crippen LogP contribution in [0.5, 0.6) is 0 Å². The van der Waals surface area contributed by atoms with Crippen molar-refractivity contribution in [2.24, 2.45) is 4.99 Å². The maximum atomic E-state index is 13.4. The van der Waals surface area contributed by atoms with Crippen LogP contribution < -0.4 is 19.8 Å². The highest BCUT2D eigenvalue weighted by Crippen LogP contribution is 2.31. The molecule has 0 N–H and O–H groups in total. The predicted octanol–water partition coefficient (Wildman–Crippen LogP) is 2.61. The Kier molecular flexibility index (Phi) is 5.80. The first-order valence-electron chi connectivity index (χ1n) is 9.94. The predicted molar refractivity (Wildman–Crippen MR) is 123 cm³/mol. The van der Waals surface area contributed by atoms with Crippen LogP contribution in [0, 0.1) is 5.82 Å². The van der Waals surface area contributed by atoms with Crippen LogP contribution in [0.1, 0.15) is 24.1 Å². The third-order valence-electron chi connectivity index (χ3n) is 5.32. The Morgan fingerprint density at radius 3 is 2.41 bits per heavy atom. The van der Waals surface area contributed by atoms with Crippen LogP contribution in [0.2, 0.25) is 0 Å². The van der Waals surface area contributed by atoms with Gasteiger partial charge in [0.15, 0.2) is 4.80 Å². The minimum Gasteiger partial charge on any atom is -0.466 e. The smallest absolute Gasteiger partial charge is 0.338 e. The number of methoxy groups -OCH3 is 1. The Hall–Kier alpha value is -3.52. The van der Waals surface area contributed by atoms with Gasteiger partial charge >= 0.3 is 5.97 Å². The van der Waals surface area contributed by atoms with Crippen molar-refractivity contribution in [2.45, 2.75) is 13.0 Å². The molecule has 1 aromatic heterocycles. The van der Waals surface area contributed by atoms with E-state index in [1.54, 1.807) is 25.1 Å². The second-order valence-corrected chi connectivity index (χ2v) is 8.62. The van der Waals surface area contributed by atoms with E-state index in [0.29, 0.717) is 26.2 Å². The number of benzene rings is 2. The Morgan fingerprint density at radius 2 is 1.81 bits per heavy atom. The van der Waals surface area contributed by atoms with E-state index in [1.165, 1.54) is 35.1 Å². The highest BCUT2D eigenvalue weighted by Gasteiger charge is 2.33. The summed E-state index contributed by atoms with van der Waals surface area (Å²) in [6.45, 7) is 1.74. The van der Waals surface area contributed by atoms with Gasteiger partial charge in [-0.05, 0) is 48.4 Å². The molecule has 0 saturated carbocycles. The zero-order chi connectivity index (χ0) is 23.0. The van der Waals surface area contributed by atoms with Gasteiger partial charge in [-0.3, -0.25) is 9.36 Å². The first-order chi connectivity index (χ1) is 15.3. The molecule has 1 atom stereocenters. The number of nitrogens with zero attached hydrogens (tertiary/aromatic N) is 3. The molecule has 32 heavy (non-hydrogen) atoms. The van der Waals surface area contributed by atoms with E-state index < -0.39 is 12.0 Å². The van der Waals surface area contributed by atoms with Crippen molar-refractivity contribution < 1.29 is 13.9 Å². The molecule has 0 aliphatic carbocycles. The molecule has 0 radical (unpaired) electrons. The number of allylic oxidation sites excluding steroid dienone is 1. The number of rotatable bonds is 4. The van der Waals surface area contributed by atoms with Gasteiger partial charge in [0, 0.05) is 19.8 Å². The molecule has 0 amide bonds. The molecule has 0 spiro atoms. The fourth-order valence-electron chi connectivity index (χ4n) is 3.67. The number of anilines is 1. The van der Waals surface area contributed by atoms with Gasteiger partial charge in [0.25, 0.3) is 5.56 Å². The van der Waals surface area contributed by atoms with Gasteiger partial charge < -0.3 is 9.64 Å². The number of hydrogen-bond acceptors (Lipinski definition) is 6.